The number of nitrogens with one attached hydrogen (secondary N) is 1. The normalized spacial score (nSPS) is 16.1. The van der Waals surface area contributed by atoms with Crippen LogP contribution in [0, 0.1) is 0 Å². The van der Waals surface area contributed by atoms with E-state index in [-0.39, 0.29) is 17.7 Å². The Kier molecular flexibility index (Phi) is 7.41. The second-order valence-electron chi connectivity index (χ2n) is 7.59. The van der Waals surface area contributed by atoms with Crippen LogP contribution in [0.5, 0.6) is 0 Å². The van der Waals surface area contributed by atoms with Crippen molar-refractivity contribution in [3.63, 3.8) is 0 Å². The van der Waals surface area contributed by atoms with Crippen LogP contribution < -0.4 is 10.5 Å². The van der Waals surface area contributed by atoms with Gasteiger partial charge < -0.3 is 5.73 Å². The van der Waals surface area contributed by atoms with Crippen LogP contribution in [0.4, 0.5) is 0 Å². The summed E-state index contributed by atoms with van der Waals surface area (Å²) >= 11 is 0. The highest BCUT2D eigenvalue weighted by atomic mass is 32.2. The molecule has 1 aliphatic heterocycles. The van der Waals surface area contributed by atoms with Gasteiger partial charge in [0.05, 0.1) is 22.6 Å². The lowest BCUT2D eigenvalue weighted by Gasteiger charge is -2.38. The number of imide groups is 1. The van der Waals surface area contributed by atoms with Crippen LogP contribution in [-0.4, -0.2) is 74.2 Å². The molecule has 0 radical (unpaired) electrons. The highest BCUT2D eigenvalue weighted by Gasteiger charge is 2.47. The fourth-order valence-electron chi connectivity index (χ4n) is 3.45. The van der Waals surface area contributed by atoms with Crippen molar-refractivity contribution in [1.29, 1.82) is 0 Å². The fraction of sp³-hybridized carbons (Fsp3) is 0.556. The first-order valence-electron chi connectivity index (χ1n) is 9.50. The molecular weight excluding hydrogens is 432 g/mol. The third-order valence-corrected chi connectivity index (χ3v) is 8.03. The summed E-state index contributed by atoms with van der Waals surface area (Å²) in [6.07, 6.45) is -1.56. The molecule has 2 rings (SSSR count). The van der Waals surface area contributed by atoms with E-state index in [0.29, 0.717) is 0 Å². The molecule has 0 bridgehead atoms. The Balaban J connectivity index is 2.62. The molecule has 30 heavy (non-hydrogen) atoms. The third-order valence-electron chi connectivity index (χ3n) is 4.41. The van der Waals surface area contributed by atoms with E-state index < -0.39 is 61.6 Å². The molecule has 1 aliphatic rings. The molecule has 1 aromatic rings. The average molecular weight is 461 g/mol. The molecule has 12 heteroatoms. The topological polar surface area (TPSA) is 147 Å². The summed E-state index contributed by atoms with van der Waals surface area (Å²) in [7, 11) is -8.11. The first-order valence-corrected chi connectivity index (χ1v) is 12.8. The van der Waals surface area contributed by atoms with Gasteiger partial charge in [-0.25, -0.2) is 21.6 Å². The van der Waals surface area contributed by atoms with Gasteiger partial charge in [-0.1, -0.05) is 12.1 Å². The fourth-order valence-corrected chi connectivity index (χ4v) is 6.75. The Morgan fingerprint density at radius 1 is 1.00 bits per heavy atom. The summed E-state index contributed by atoms with van der Waals surface area (Å²) in [4.78, 5) is 26.7. The number of nitrogens with zero attached hydrogens (tertiary/aromatic N) is 2. The summed E-state index contributed by atoms with van der Waals surface area (Å²) in [6.45, 7) is 6.11. The molecule has 1 atom stereocenters. The maximum Gasteiger partial charge on any atom is 0.262 e. The SMILES string of the molecule is CC(C)NS(=O)(=O)CC(N1C(=O)c2ccccc2C1=O)N(C(C)C)S(=O)(=O)CCN. The Bertz CT molecular complexity index is 986. The number of nitrogens with two attached hydrogens (primary N) is 1. The largest absolute Gasteiger partial charge is 0.329 e. The highest BCUT2D eigenvalue weighted by Crippen LogP contribution is 2.28. The van der Waals surface area contributed by atoms with E-state index in [4.69, 9.17) is 5.73 Å². The van der Waals surface area contributed by atoms with Crippen LogP contribution in [0.15, 0.2) is 24.3 Å². The summed E-state index contributed by atoms with van der Waals surface area (Å²) in [5, 5.41) is 0. The van der Waals surface area contributed by atoms with Crippen molar-refractivity contribution >= 4 is 31.9 Å². The monoisotopic (exact) mass is 460 g/mol. The molecule has 1 unspecified atom stereocenters. The first-order chi connectivity index (χ1) is 13.8. The quantitative estimate of drug-likeness (QED) is 0.465. The van der Waals surface area contributed by atoms with Crippen molar-refractivity contribution in [3.8, 4) is 0 Å². The number of benzene rings is 1. The molecule has 1 aromatic carbocycles. The number of hydrogen-bond donors (Lipinski definition) is 2. The number of rotatable bonds is 10. The van der Waals surface area contributed by atoms with Gasteiger partial charge in [0.1, 0.15) is 6.17 Å². The van der Waals surface area contributed by atoms with Gasteiger partial charge in [-0.2, -0.15) is 4.31 Å². The molecule has 0 fully saturated rings. The third kappa shape index (κ3) is 5.06. The zero-order valence-electron chi connectivity index (χ0n) is 17.4. The minimum atomic E-state index is -4.07. The molecule has 0 aliphatic carbocycles. The lowest BCUT2D eigenvalue weighted by molar-refractivity contribution is 0.0466. The molecule has 10 nitrogen and oxygen atoms in total. The van der Waals surface area contributed by atoms with Gasteiger partial charge >= 0.3 is 0 Å². The van der Waals surface area contributed by atoms with Gasteiger partial charge in [0.2, 0.25) is 20.0 Å². The van der Waals surface area contributed by atoms with Gasteiger partial charge in [-0.3, -0.25) is 14.5 Å². The van der Waals surface area contributed by atoms with Gasteiger partial charge in [0.15, 0.2) is 0 Å². The van der Waals surface area contributed by atoms with E-state index >= 15 is 0 Å². The molecule has 0 saturated carbocycles. The van der Waals surface area contributed by atoms with Crippen molar-refractivity contribution in [3.05, 3.63) is 35.4 Å². The minimum absolute atomic E-state index is 0.0987. The second-order valence-corrected chi connectivity index (χ2v) is 11.4. The summed E-state index contributed by atoms with van der Waals surface area (Å²) < 4.78 is 54.6. The van der Waals surface area contributed by atoms with Crippen LogP contribution in [0.2, 0.25) is 0 Å². The minimum Gasteiger partial charge on any atom is -0.329 e. The van der Waals surface area contributed by atoms with Crippen molar-refractivity contribution in [2.75, 3.05) is 18.1 Å². The smallest absolute Gasteiger partial charge is 0.262 e. The maximum atomic E-state index is 13.0. The van der Waals surface area contributed by atoms with Crippen LogP contribution >= 0.6 is 0 Å². The highest BCUT2D eigenvalue weighted by molar-refractivity contribution is 7.90. The standard InChI is InChI=1S/C18H28N4O6S2/c1-12(2)20-29(25,26)11-16(22(13(3)4)30(27,28)10-9-19)21-17(23)14-7-5-6-8-15(14)18(21)24/h5-8,12-13,16,20H,9-11,19H2,1-4H3. The maximum absolute atomic E-state index is 13.0. The van der Waals surface area contributed by atoms with Gasteiger partial charge in [-0.05, 0) is 39.8 Å². The average Bonchev–Trinajstić information content (AvgIpc) is 2.83. The van der Waals surface area contributed by atoms with Crippen LogP contribution in [0.1, 0.15) is 48.4 Å². The van der Waals surface area contributed by atoms with E-state index in [1.165, 1.54) is 12.1 Å². The summed E-state index contributed by atoms with van der Waals surface area (Å²) in [5.74, 6) is -2.73. The Labute approximate surface area is 177 Å². The van der Waals surface area contributed by atoms with Gasteiger partial charge in [-0.15, -0.1) is 0 Å². The number of amides is 2. The molecule has 168 valence electrons. The van der Waals surface area contributed by atoms with Crippen molar-refractivity contribution in [1.82, 2.24) is 13.9 Å². The zero-order valence-corrected chi connectivity index (χ0v) is 19.0. The number of fused-ring (bicyclic) bond motifs is 1. The van der Waals surface area contributed by atoms with E-state index in [2.05, 4.69) is 4.72 Å². The van der Waals surface area contributed by atoms with Gasteiger partial charge in [0, 0.05) is 18.6 Å². The van der Waals surface area contributed by atoms with Crippen molar-refractivity contribution in [2.45, 2.75) is 45.9 Å². The Hall–Kier alpha value is -1.86. The lowest BCUT2D eigenvalue weighted by atomic mass is 10.1. The number of carbonyl (C=O) groups excluding carboxylic acids is 2. The van der Waals surface area contributed by atoms with E-state index in [1.54, 1.807) is 39.8 Å². The molecule has 0 aromatic heterocycles. The van der Waals surface area contributed by atoms with Crippen molar-refractivity contribution in [2.24, 2.45) is 5.73 Å². The molecule has 3 N–H and O–H groups in total. The predicted octanol–water partition coefficient (Wildman–Crippen LogP) is -0.0646. The number of hydrogen-bond acceptors (Lipinski definition) is 7. The number of carbonyl (C=O) groups is 2. The molecule has 0 spiro atoms. The van der Waals surface area contributed by atoms with Crippen molar-refractivity contribution < 1.29 is 26.4 Å². The predicted molar refractivity (Wildman–Crippen MR) is 113 cm³/mol. The van der Waals surface area contributed by atoms with E-state index in [9.17, 15) is 26.4 Å². The van der Waals surface area contributed by atoms with Gasteiger partial charge in [0.25, 0.3) is 11.8 Å². The van der Waals surface area contributed by atoms with Crippen LogP contribution in [-0.2, 0) is 20.0 Å². The first kappa shape index (κ1) is 24.4. The Morgan fingerprint density at radius 3 is 1.90 bits per heavy atom. The van der Waals surface area contributed by atoms with Crippen LogP contribution in [0.3, 0.4) is 0 Å². The molecule has 0 saturated heterocycles. The molecular formula is C18H28N4O6S2. The van der Waals surface area contributed by atoms with E-state index in [0.717, 1.165) is 9.21 Å². The van der Waals surface area contributed by atoms with Crippen LogP contribution in [0.25, 0.3) is 0 Å². The molecule has 1 heterocycles. The molecule has 2 amide bonds. The number of sulfonamides is 2. The summed E-state index contributed by atoms with van der Waals surface area (Å²) in [6, 6.07) is 4.86. The van der Waals surface area contributed by atoms with E-state index in [1.807, 2.05) is 0 Å². The summed E-state index contributed by atoms with van der Waals surface area (Å²) in [5.41, 5.74) is 5.64. The lowest BCUT2D eigenvalue weighted by Crippen LogP contribution is -2.60. The Morgan fingerprint density at radius 2 is 1.50 bits per heavy atom. The zero-order chi connectivity index (χ0) is 22.9. The second kappa shape index (κ2) is 9.10.